The van der Waals surface area contributed by atoms with Crippen LogP contribution in [0.3, 0.4) is 0 Å². The highest BCUT2D eigenvalue weighted by Crippen LogP contribution is 2.49. The van der Waals surface area contributed by atoms with Crippen molar-refractivity contribution in [3.05, 3.63) is 0 Å². The molecule has 0 N–H and O–H groups in total. The molecule has 0 aliphatic heterocycles. The molecule has 1 aliphatic rings. The Hall–Kier alpha value is -0.0400. The molecular formula is C12H24O. The Morgan fingerprint density at radius 3 is 2.08 bits per heavy atom. The van der Waals surface area contributed by atoms with Crippen LogP contribution in [0.5, 0.6) is 0 Å². The van der Waals surface area contributed by atoms with E-state index in [0.717, 1.165) is 12.5 Å². The molecule has 1 saturated carbocycles. The first-order chi connectivity index (χ1) is 6.07. The second-order valence-corrected chi connectivity index (χ2v) is 5.04. The van der Waals surface area contributed by atoms with E-state index in [1.807, 2.05) is 0 Å². The van der Waals surface area contributed by atoms with Gasteiger partial charge in [0.25, 0.3) is 0 Å². The van der Waals surface area contributed by atoms with Crippen LogP contribution in [0.15, 0.2) is 0 Å². The molecule has 0 aromatic carbocycles. The maximum Gasteiger partial charge on any atom is 0.0518 e. The van der Waals surface area contributed by atoms with Gasteiger partial charge in [0, 0.05) is 6.61 Å². The van der Waals surface area contributed by atoms with Gasteiger partial charge in [-0.05, 0) is 44.4 Å². The second-order valence-electron chi connectivity index (χ2n) is 5.04. The van der Waals surface area contributed by atoms with E-state index in [-0.39, 0.29) is 0 Å². The molecule has 0 atom stereocenters. The molecule has 78 valence electrons. The van der Waals surface area contributed by atoms with E-state index in [4.69, 9.17) is 4.74 Å². The number of hydrogen-bond donors (Lipinski definition) is 0. The highest BCUT2D eigenvalue weighted by atomic mass is 16.5. The van der Waals surface area contributed by atoms with Crippen LogP contribution in [-0.4, -0.2) is 12.7 Å². The minimum atomic E-state index is 0.393. The SMILES string of the molecule is CC(C)OCCC1(C(C)C)CCC1. The van der Waals surface area contributed by atoms with Crippen molar-refractivity contribution in [1.82, 2.24) is 0 Å². The molecule has 0 saturated heterocycles. The fraction of sp³-hybridized carbons (Fsp3) is 1.00. The van der Waals surface area contributed by atoms with Crippen LogP contribution in [0.4, 0.5) is 0 Å². The highest BCUT2D eigenvalue weighted by Gasteiger charge is 2.39. The fourth-order valence-electron chi connectivity index (χ4n) is 2.24. The normalized spacial score (nSPS) is 20.8. The fourth-order valence-corrected chi connectivity index (χ4v) is 2.24. The first-order valence-electron chi connectivity index (χ1n) is 5.68. The summed E-state index contributed by atoms with van der Waals surface area (Å²) in [7, 11) is 0. The molecule has 1 rings (SSSR count). The van der Waals surface area contributed by atoms with Gasteiger partial charge in [0.15, 0.2) is 0 Å². The molecule has 0 bridgehead atoms. The quantitative estimate of drug-likeness (QED) is 0.634. The number of rotatable bonds is 5. The zero-order valence-electron chi connectivity index (χ0n) is 9.60. The van der Waals surface area contributed by atoms with E-state index in [2.05, 4.69) is 27.7 Å². The molecular weight excluding hydrogens is 160 g/mol. The van der Waals surface area contributed by atoms with Gasteiger partial charge < -0.3 is 4.74 Å². The van der Waals surface area contributed by atoms with E-state index >= 15 is 0 Å². The van der Waals surface area contributed by atoms with Gasteiger partial charge in [0.2, 0.25) is 0 Å². The van der Waals surface area contributed by atoms with Gasteiger partial charge in [0.1, 0.15) is 0 Å². The third-order valence-corrected chi connectivity index (χ3v) is 3.63. The number of ether oxygens (including phenoxy) is 1. The van der Waals surface area contributed by atoms with Gasteiger partial charge in [-0.15, -0.1) is 0 Å². The minimum absolute atomic E-state index is 0.393. The van der Waals surface area contributed by atoms with Crippen molar-refractivity contribution >= 4 is 0 Å². The molecule has 13 heavy (non-hydrogen) atoms. The summed E-state index contributed by atoms with van der Waals surface area (Å²) in [5, 5.41) is 0. The molecule has 0 heterocycles. The van der Waals surface area contributed by atoms with Crippen LogP contribution < -0.4 is 0 Å². The lowest BCUT2D eigenvalue weighted by Gasteiger charge is -2.45. The average molecular weight is 184 g/mol. The Morgan fingerprint density at radius 1 is 1.15 bits per heavy atom. The maximum absolute atomic E-state index is 5.62. The minimum Gasteiger partial charge on any atom is -0.379 e. The summed E-state index contributed by atoms with van der Waals surface area (Å²) in [6.07, 6.45) is 5.94. The Balaban J connectivity index is 2.24. The summed E-state index contributed by atoms with van der Waals surface area (Å²) in [6, 6.07) is 0. The summed E-state index contributed by atoms with van der Waals surface area (Å²) in [4.78, 5) is 0. The van der Waals surface area contributed by atoms with Gasteiger partial charge in [0.05, 0.1) is 6.10 Å². The zero-order chi connectivity index (χ0) is 9.90. The third kappa shape index (κ3) is 2.70. The monoisotopic (exact) mass is 184 g/mol. The summed E-state index contributed by atoms with van der Waals surface area (Å²) in [6.45, 7) is 9.89. The van der Waals surface area contributed by atoms with Crippen molar-refractivity contribution in [3.8, 4) is 0 Å². The maximum atomic E-state index is 5.62. The molecule has 0 aromatic heterocycles. The second kappa shape index (κ2) is 4.45. The van der Waals surface area contributed by atoms with E-state index < -0.39 is 0 Å². The van der Waals surface area contributed by atoms with Crippen LogP contribution in [0, 0.1) is 11.3 Å². The van der Waals surface area contributed by atoms with Gasteiger partial charge in [-0.1, -0.05) is 20.3 Å². The van der Waals surface area contributed by atoms with Gasteiger partial charge >= 0.3 is 0 Å². The molecule has 0 radical (unpaired) electrons. The van der Waals surface area contributed by atoms with E-state index in [0.29, 0.717) is 11.5 Å². The van der Waals surface area contributed by atoms with E-state index in [9.17, 15) is 0 Å². The smallest absolute Gasteiger partial charge is 0.0518 e. The van der Waals surface area contributed by atoms with Crippen molar-refractivity contribution < 1.29 is 4.74 Å². The van der Waals surface area contributed by atoms with Crippen LogP contribution in [0.25, 0.3) is 0 Å². The Kier molecular flexibility index (Phi) is 3.78. The molecule has 0 unspecified atom stereocenters. The van der Waals surface area contributed by atoms with Crippen LogP contribution in [0.2, 0.25) is 0 Å². The lowest BCUT2D eigenvalue weighted by molar-refractivity contribution is -0.00307. The molecule has 0 aromatic rings. The van der Waals surface area contributed by atoms with Gasteiger partial charge in [-0.3, -0.25) is 0 Å². The standard InChI is InChI=1S/C12H24O/c1-10(2)12(6-5-7-12)8-9-13-11(3)4/h10-11H,5-9H2,1-4H3. The topological polar surface area (TPSA) is 9.23 Å². The molecule has 0 spiro atoms. The van der Waals surface area contributed by atoms with Crippen molar-refractivity contribution in [2.45, 2.75) is 59.5 Å². The van der Waals surface area contributed by atoms with Gasteiger partial charge in [-0.2, -0.15) is 0 Å². The molecule has 1 aliphatic carbocycles. The summed E-state index contributed by atoms with van der Waals surface area (Å²) in [5.74, 6) is 0.831. The highest BCUT2D eigenvalue weighted by molar-refractivity contribution is 4.89. The van der Waals surface area contributed by atoms with Crippen molar-refractivity contribution in [2.24, 2.45) is 11.3 Å². The zero-order valence-corrected chi connectivity index (χ0v) is 9.60. The first kappa shape index (κ1) is 11.0. The van der Waals surface area contributed by atoms with E-state index in [1.54, 1.807) is 0 Å². The lowest BCUT2D eigenvalue weighted by atomic mass is 9.60. The first-order valence-corrected chi connectivity index (χ1v) is 5.68. The molecule has 1 nitrogen and oxygen atoms in total. The van der Waals surface area contributed by atoms with Crippen LogP contribution in [0.1, 0.15) is 53.4 Å². The van der Waals surface area contributed by atoms with Gasteiger partial charge in [-0.25, -0.2) is 0 Å². The van der Waals surface area contributed by atoms with E-state index in [1.165, 1.54) is 25.7 Å². The average Bonchev–Trinajstić information content (AvgIpc) is 1.93. The predicted molar refractivity (Wildman–Crippen MR) is 56.8 cm³/mol. The third-order valence-electron chi connectivity index (χ3n) is 3.63. The Morgan fingerprint density at radius 2 is 1.77 bits per heavy atom. The lowest BCUT2D eigenvalue weighted by Crippen LogP contribution is -2.36. The Labute approximate surface area is 82.9 Å². The molecule has 1 fully saturated rings. The summed E-state index contributed by atoms with van der Waals surface area (Å²) < 4.78 is 5.62. The van der Waals surface area contributed by atoms with Crippen LogP contribution >= 0.6 is 0 Å². The van der Waals surface area contributed by atoms with Crippen molar-refractivity contribution in [1.29, 1.82) is 0 Å². The summed E-state index contributed by atoms with van der Waals surface area (Å²) in [5.41, 5.74) is 0.634. The van der Waals surface area contributed by atoms with Crippen LogP contribution in [-0.2, 0) is 4.74 Å². The number of hydrogen-bond acceptors (Lipinski definition) is 1. The Bertz CT molecular complexity index is 145. The predicted octanol–water partition coefficient (Wildman–Crippen LogP) is 3.63. The largest absolute Gasteiger partial charge is 0.379 e. The summed E-state index contributed by atoms with van der Waals surface area (Å²) >= 11 is 0. The van der Waals surface area contributed by atoms with Crippen molar-refractivity contribution in [2.75, 3.05) is 6.61 Å². The molecule has 0 amide bonds. The molecule has 1 heteroatoms. The van der Waals surface area contributed by atoms with Crippen molar-refractivity contribution in [3.63, 3.8) is 0 Å².